The van der Waals surface area contributed by atoms with Gasteiger partial charge in [0.15, 0.2) is 5.65 Å². The van der Waals surface area contributed by atoms with Crippen LogP contribution in [-0.4, -0.2) is 58.4 Å². The summed E-state index contributed by atoms with van der Waals surface area (Å²) in [7, 11) is 0. The first kappa shape index (κ1) is 20.1. The van der Waals surface area contributed by atoms with Gasteiger partial charge in [-0.1, -0.05) is 0 Å². The maximum absolute atomic E-state index is 14.7. The van der Waals surface area contributed by atoms with Crippen molar-refractivity contribution in [2.45, 2.75) is 33.0 Å². The van der Waals surface area contributed by atoms with Crippen LogP contribution in [0, 0.1) is 31.4 Å². The maximum atomic E-state index is 14.7. The summed E-state index contributed by atoms with van der Waals surface area (Å²) in [5.74, 6) is -0.579. The summed E-state index contributed by atoms with van der Waals surface area (Å²) in [6.45, 7) is 8.25. The van der Waals surface area contributed by atoms with Crippen LogP contribution in [0.15, 0.2) is 18.2 Å². The molecule has 4 heterocycles. The fourth-order valence-corrected chi connectivity index (χ4v) is 3.99. The summed E-state index contributed by atoms with van der Waals surface area (Å²) in [6, 6.07) is 3.44. The Morgan fingerprint density at radius 1 is 1.00 bits per heavy atom. The van der Waals surface area contributed by atoms with Gasteiger partial charge in [-0.05, 0) is 32.9 Å². The molecule has 0 saturated carbocycles. The molecule has 0 unspecified atom stereocenters. The highest BCUT2D eigenvalue weighted by Crippen LogP contribution is 2.31. The number of anilines is 1. The molecule has 7 nitrogen and oxygen atoms in total. The lowest BCUT2D eigenvalue weighted by molar-refractivity contribution is -0.135. The second-order valence-corrected chi connectivity index (χ2v) is 8.25. The third-order valence-electron chi connectivity index (χ3n) is 5.87. The van der Waals surface area contributed by atoms with Gasteiger partial charge in [-0.2, -0.15) is 4.98 Å². The standard InChI is InChI=1S/C22H23F2N5O2/c1-11-7-29(8-18(31-11)14-9-30-10-14)22-27-19(16-5-4-15(23)6-17(16)24)20-21(28-22)26-13(3)12(2)25-20/h4-6,11,14,18H,7-10H2,1-3H3/t11-,18-/m1/s1. The SMILES string of the molecule is Cc1nc2nc(N3C[C@@H](C)O[C@@H](C4COC4)C3)nc(-c3ccc(F)cc3F)c2nc1C. The highest BCUT2D eigenvalue weighted by atomic mass is 19.1. The van der Waals surface area contributed by atoms with Gasteiger partial charge in [0.1, 0.15) is 22.8 Å². The van der Waals surface area contributed by atoms with Crippen molar-refractivity contribution in [2.75, 3.05) is 31.2 Å². The summed E-state index contributed by atoms with van der Waals surface area (Å²) in [6.07, 6.45) is -0.0101. The number of nitrogens with zero attached hydrogens (tertiary/aromatic N) is 5. The van der Waals surface area contributed by atoms with Crippen molar-refractivity contribution in [1.82, 2.24) is 19.9 Å². The van der Waals surface area contributed by atoms with Crippen molar-refractivity contribution >= 4 is 17.1 Å². The molecule has 5 rings (SSSR count). The van der Waals surface area contributed by atoms with Crippen molar-refractivity contribution in [3.63, 3.8) is 0 Å². The average molecular weight is 427 g/mol. The van der Waals surface area contributed by atoms with Crippen molar-refractivity contribution in [1.29, 1.82) is 0 Å². The second-order valence-electron chi connectivity index (χ2n) is 8.25. The van der Waals surface area contributed by atoms with Crippen LogP contribution in [0.5, 0.6) is 0 Å². The van der Waals surface area contributed by atoms with E-state index in [2.05, 4.69) is 15.0 Å². The number of ether oxygens (including phenoxy) is 2. The van der Waals surface area contributed by atoms with Crippen molar-refractivity contribution in [3.05, 3.63) is 41.2 Å². The Balaban J connectivity index is 1.64. The molecule has 31 heavy (non-hydrogen) atoms. The molecular weight excluding hydrogens is 404 g/mol. The van der Waals surface area contributed by atoms with Crippen LogP contribution in [0.2, 0.25) is 0 Å². The minimum atomic E-state index is -0.703. The number of benzene rings is 1. The topological polar surface area (TPSA) is 73.3 Å². The number of aryl methyl sites for hydroxylation is 2. The lowest BCUT2D eigenvalue weighted by Gasteiger charge is -2.42. The van der Waals surface area contributed by atoms with Crippen LogP contribution in [0.4, 0.5) is 14.7 Å². The van der Waals surface area contributed by atoms with Gasteiger partial charge in [0.25, 0.3) is 0 Å². The summed E-state index contributed by atoms with van der Waals surface area (Å²) >= 11 is 0. The number of hydrogen-bond donors (Lipinski definition) is 0. The molecule has 162 valence electrons. The molecule has 0 bridgehead atoms. The summed E-state index contributed by atoms with van der Waals surface area (Å²) in [5.41, 5.74) is 2.69. The van der Waals surface area contributed by atoms with Gasteiger partial charge in [-0.15, -0.1) is 0 Å². The molecule has 2 aliphatic heterocycles. The van der Waals surface area contributed by atoms with Gasteiger partial charge >= 0.3 is 0 Å². The summed E-state index contributed by atoms with van der Waals surface area (Å²) < 4.78 is 39.7. The predicted molar refractivity (Wildman–Crippen MR) is 111 cm³/mol. The first-order valence-electron chi connectivity index (χ1n) is 10.4. The van der Waals surface area contributed by atoms with Crippen molar-refractivity contribution in [3.8, 4) is 11.3 Å². The van der Waals surface area contributed by atoms with E-state index in [4.69, 9.17) is 14.5 Å². The number of halogens is 2. The fraction of sp³-hybridized carbons (Fsp3) is 0.455. The van der Waals surface area contributed by atoms with E-state index >= 15 is 0 Å². The number of aromatic nitrogens is 4. The molecular formula is C22H23F2N5O2. The van der Waals surface area contributed by atoms with Crippen molar-refractivity contribution < 1.29 is 18.3 Å². The summed E-state index contributed by atoms with van der Waals surface area (Å²) in [4.78, 5) is 20.5. The van der Waals surface area contributed by atoms with Gasteiger partial charge in [0.2, 0.25) is 5.95 Å². The Kier molecular flexibility index (Phi) is 5.02. The van der Waals surface area contributed by atoms with E-state index in [1.165, 1.54) is 12.1 Å². The molecule has 0 N–H and O–H groups in total. The van der Waals surface area contributed by atoms with Gasteiger partial charge in [0, 0.05) is 30.6 Å². The molecule has 0 radical (unpaired) electrons. The third-order valence-corrected chi connectivity index (χ3v) is 5.87. The smallest absolute Gasteiger partial charge is 0.228 e. The van der Waals surface area contributed by atoms with Crippen LogP contribution in [0.3, 0.4) is 0 Å². The minimum Gasteiger partial charge on any atom is -0.380 e. The Morgan fingerprint density at radius 3 is 2.48 bits per heavy atom. The van der Waals surface area contributed by atoms with Crippen LogP contribution in [-0.2, 0) is 9.47 Å². The molecule has 2 aliphatic rings. The molecule has 2 aromatic heterocycles. The largest absolute Gasteiger partial charge is 0.380 e. The average Bonchev–Trinajstić information content (AvgIpc) is 2.67. The first-order valence-corrected chi connectivity index (χ1v) is 10.4. The molecule has 2 atom stereocenters. The Morgan fingerprint density at radius 2 is 1.77 bits per heavy atom. The highest BCUT2D eigenvalue weighted by molar-refractivity contribution is 5.88. The summed E-state index contributed by atoms with van der Waals surface area (Å²) in [5, 5.41) is 0. The Hall–Kier alpha value is -2.78. The lowest BCUT2D eigenvalue weighted by Crippen LogP contribution is -2.54. The Labute approximate surface area is 178 Å². The van der Waals surface area contributed by atoms with E-state index in [0.717, 1.165) is 11.8 Å². The van der Waals surface area contributed by atoms with Gasteiger partial charge < -0.3 is 14.4 Å². The minimum absolute atomic E-state index is 0.00800. The number of rotatable bonds is 3. The fourth-order valence-electron chi connectivity index (χ4n) is 3.99. The normalized spacial score (nSPS) is 22.0. The van der Waals surface area contributed by atoms with Crippen LogP contribution in [0.25, 0.3) is 22.4 Å². The molecule has 0 aliphatic carbocycles. The van der Waals surface area contributed by atoms with Gasteiger partial charge in [-0.3, -0.25) is 0 Å². The second kappa shape index (κ2) is 7.72. The van der Waals surface area contributed by atoms with E-state index in [0.29, 0.717) is 60.7 Å². The third kappa shape index (κ3) is 3.72. The van der Waals surface area contributed by atoms with Crippen LogP contribution in [0.1, 0.15) is 18.3 Å². The highest BCUT2D eigenvalue weighted by Gasteiger charge is 2.36. The molecule has 2 saturated heterocycles. The van der Waals surface area contributed by atoms with Crippen LogP contribution >= 0.6 is 0 Å². The monoisotopic (exact) mass is 427 g/mol. The van der Waals surface area contributed by atoms with Crippen molar-refractivity contribution in [2.24, 2.45) is 5.92 Å². The lowest BCUT2D eigenvalue weighted by atomic mass is 9.98. The maximum Gasteiger partial charge on any atom is 0.228 e. The number of fused-ring (bicyclic) bond motifs is 1. The first-order chi connectivity index (χ1) is 14.9. The molecule has 9 heteroatoms. The zero-order valence-electron chi connectivity index (χ0n) is 17.6. The van der Waals surface area contributed by atoms with Crippen LogP contribution < -0.4 is 4.90 Å². The molecule has 2 fully saturated rings. The van der Waals surface area contributed by atoms with E-state index in [1.54, 1.807) is 0 Å². The van der Waals surface area contributed by atoms with Gasteiger partial charge in [0.05, 0.1) is 36.8 Å². The molecule has 0 amide bonds. The van der Waals surface area contributed by atoms with E-state index in [1.807, 2.05) is 25.7 Å². The molecule has 0 spiro atoms. The van der Waals surface area contributed by atoms with E-state index < -0.39 is 11.6 Å². The Bertz CT molecular complexity index is 1150. The van der Waals surface area contributed by atoms with Gasteiger partial charge in [-0.25, -0.2) is 23.7 Å². The van der Waals surface area contributed by atoms with E-state index in [9.17, 15) is 8.78 Å². The zero-order chi connectivity index (χ0) is 21.7. The quantitative estimate of drug-likeness (QED) is 0.635. The number of hydrogen-bond acceptors (Lipinski definition) is 7. The van der Waals surface area contributed by atoms with E-state index in [-0.39, 0.29) is 17.8 Å². The predicted octanol–water partition coefficient (Wildman–Crippen LogP) is 3.22. The zero-order valence-corrected chi connectivity index (χ0v) is 17.6. The molecule has 1 aromatic carbocycles. The molecule has 3 aromatic rings. The number of morpholine rings is 1.